The third-order valence-corrected chi connectivity index (χ3v) is 3.89. The Balaban J connectivity index is 1.64. The number of aliphatic hydroxyl groups excluding tert-OH is 1. The van der Waals surface area contributed by atoms with Crippen LogP contribution < -0.4 is 0 Å². The molecule has 1 aliphatic carbocycles. The van der Waals surface area contributed by atoms with Crippen molar-refractivity contribution in [2.24, 2.45) is 5.92 Å². The van der Waals surface area contributed by atoms with Crippen LogP contribution in [0.1, 0.15) is 36.0 Å². The maximum Gasteiger partial charge on any atom is 0.162 e. The van der Waals surface area contributed by atoms with Crippen LogP contribution in [0.3, 0.4) is 0 Å². The minimum atomic E-state index is -0.316. The highest BCUT2D eigenvalue weighted by Crippen LogP contribution is 2.27. The van der Waals surface area contributed by atoms with Crippen molar-refractivity contribution in [3.05, 3.63) is 35.6 Å². The van der Waals surface area contributed by atoms with Gasteiger partial charge in [-0.15, -0.1) is 0 Å². The third-order valence-electron chi connectivity index (χ3n) is 3.89. The number of Topliss-reactive ketones (excluding diaryl/α,β-unsaturated/α-hetero) is 1. The topological polar surface area (TPSA) is 40.5 Å². The number of halogens is 1. The predicted octanol–water partition coefficient (Wildman–Crippen LogP) is 2.49. The summed E-state index contributed by atoms with van der Waals surface area (Å²) in [7, 11) is 2.05. The van der Waals surface area contributed by atoms with Crippen LogP contribution in [-0.2, 0) is 0 Å². The Morgan fingerprint density at radius 3 is 2.60 bits per heavy atom. The summed E-state index contributed by atoms with van der Waals surface area (Å²) in [6, 6.07) is 5.72. The van der Waals surface area contributed by atoms with Crippen molar-refractivity contribution in [3.63, 3.8) is 0 Å². The second kappa shape index (κ2) is 6.95. The lowest BCUT2D eigenvalue weighted by atomic mass is 9.82. The van der Waals surface area contributed by atoms with Crippen molar-refractivity contribution in [2.45, 2.75) is 31.8 Å². The largest absolute Gasteiger partial charge is 0.393 e. The predicted molar refractivity (Wildman–Crippen MR) is 76.2 cm³/mol. The molecule has 1 aromatic carbocycles. The molecule has 0 amide bonds. The van der Waals surface area contributed by atoms with E-state index in [9.17, 15) is 14.3 Å². The Bertz CT molecular complexity index is 440. The zero-order valence-corrected chi connectivity index (χ0v) is 11.9. The highest BCUT2D eigenvalue weighted by molar-refractivity contribution is 5.95. The van der Waals surface area contributed by atoms with Crippen LogP contribution in [0.5, 0.6) is 0 Å². The molecule has 0 aliphatic heterocycles. The summed E-state index contributed by atoms with van der Waals surface area (Å²) in [5, 5.41) is 9.24. The molecule has 1 aliphatic rings. The minimum absolute atomic E-state index is 0.0671. The molecule has 0 heterocycles. The Labute approximate surface area is 119 Å². The molecular formula is C16H22FNO2. The first-order valence-corrected chi connectivity index (χ1v) is 7.20. The maximum absolute atomic E-state index is 12.8. The van der Waals surface area contributed by atoms with Gasteiger partial charge in [0.15, 0.2) is 5.78 Å². The molecule has 0 spiro atoms. The molecular weight excluding hydrogens is 257 g/mol. The van der Waals surface area contributed by atoms with E-state index in [0.717, 1.165) is 32.4 Å². The van der Waals surface area contributed by atoms with Crippen LogP contribution in [0.4, 0.5) is 4.39 Å². The van der Waals surface area contributed by atoms with Crippen LogP contribution in [-0.4, -0.2) is 42.0 Å². The summed E-state index contributed by atoms with van der Waals surface area (Å²) < 4.78 is 12.8. The number of carbonyl (C=O) groups excluding carboxylic acids is 1. The summed E-state index contributed by atoms with van der Waals surface area (Å²) in [5.74, 6) is 0.351. The lowest BCUT2D eigenvalue weighted by Crippen LogP contribution is -2.37. The Hall–Kier alpha value is -1.26. The summed E-state index contributed by atoms with van der Waals surface area (Å²) >= 11 is 0. The van der Waals surface area contributed by atoms with E-state index in [2.05, 4.69) is 4.90 Å². The van der Waals surface area contributed by atoms with E-state index in [4.69, 9.17) is 0 Å². The molecule has 1 aromatic rings. The molecule has 1 N–H and O–H groups in total. The van der Waals surface area contributed by atoms with Crippen molar-refractivity contribution >= 4 is 5.78 Å². The molecule has 0 unspecified atom stereocenters. The van der Waals surface area contributed by atoms with Gasteiger partial charge in [-0.05, 0) is 63.0 Å². The minimum Gasteiger partial charge on any atom is -0.393 e. The van der Waals surface area contributed by atoms with Gasteiger partial charge in [0.05, 0.1) is 6.10 Å². The van der Waals surface area contributed by atoms with Gasteiger partial charge in [0.25, 0.3) is 0 Å². The lowest BCUT2D eigenvalue weighted by molar-refractivity contribution is 0.0282. The Kier molecular flexibility index (Phi) is 5.26. The second-order valence-electron chi connectivity index (χ2n) is 5.79. The third kappa shape index (κ3) is 4.39. The lowest BCUT2D eigenvalue weighted by Gasteiger charge is -2.34. The van der Waals surface area contributed by atoms with Gasteiger partial charge in [0.2, 0.25) is 0 Å². The molecule has 4 heteroatoms. The van der Waals surface area contributed by atoms with Crippen LogP contribution in [0, 0.1) is 11.7 Å². The van der Waals surface area contributed by atoms with Crippen molar-refractivity contribution in [3.8, 4) is 0 Å². The molecule has 0 atom stereocenters. The van der Waals surface area contributed by atoms with Crippen LogP contribution in [0.15, 0.2) is 24.3 Å². The highest BCUT2D eigenvalue weighted by atomic mass is 19.1. The SMILES string of the molecule is CN(CCCC(=O)c1ccc(F)cc1)CC1CC(O)C1. The molecule has 0 radical (unpaired) electrons. The fourth-order valence-electron chi connectivity index (χ4n) is 2.67. The van der Waals surface area contributed by atoms with Gasteiger partial charge < -0.3 is 10.0 Å². The molecule has 3 nitrogen and oxygen atoms in total. The van der Waals surface area contributed by atoms with Gasteiger partial charge in [-0.2, -0.15) is 0 Å². The van der Waals surface area contributed by atoms with Crippen LogP contribution >= 0.6 is 0 Å². The number of aliphatic hydroxyl groups is 1. The van der Waals surface area contributed by atoms with Crippen molar-refractivity contribution in [2.75, 3.05) is 20.1 Å². The molecule has 1 fully saturated rings. The van der Waals surface area contributed by atoms with Gasteiger partial charge >= 0.3 is 0 Å². The monoisotopic (exact) mass is 279 g/mol. The van der Waals surface area contributed by atoms with E-state index in [0.29, 0.717) is 17.9 Å². The first-order valence-electron chi connectivity index (χ1n) is 7.20. The first-order chi connectivity index (χ1) is 9.54. The molecule has 0 saturated heterocycles. The first kappa shape index (κ1) is 15.1. The Morgan fingerprint density at radius 1 is 1.35 bits per heavy atom. The average molecular weight is 279 g/mol. The van der Waals surface area contributed by atoms with Crippen molar-refractivity contribution < 1.29 is 14.3 Å². The number of hydrogen-bond donors (Lipinski definition) is 1. The average Bonchev–Trinajstić information content (AvgIpc) is 2.37. The van der Waals surface area contributed by atoms with Crippen molar-refractivity contribution in [1.29, 1.82) is 0 Å². The molecule has 20 heavy (non-hydrogen) atoms. The molecule has 110 valence electrons. The highest BCUT2D eigenvalue weighted by Gasteiger charge is 2.27. The van der Waals surface area contributed by atoms with Gasteiger partial charge in [0.1, 0.15) is 5.82 Å². The molecule has 1 saturated carbocycles. The van der Waals surface area contributed by atoms with Gasteiger partial charge in [-0.3, -0.25) is 4.79 Å². The van der Waals surface area contributed by atoms with E-state index in [1.165, 1.54) is 24.3 Å². The van der Waals surface area contributed by atoms with Gasteiger partial charge in [-0.25, -0.2) is 4.39 Å². The molecule has 0 bridgehead atoms. The van der Waals surface area contributed by atoms with E-state index < -0.39 is 0 Å². The number of nitrogens with zero attached hydrogens (tertiary/aromatic N) is 1. The summed E-state index contributed by atoms with van der Waals surface area (Å²) in [4.78, 5) is 14.1. The summed E-state index contributed by atoms with van der Waals surface area (Å²) in [6.45, 7) is 1.86. The van der Waals surface area contributed by atoms with Gasteiger partial charge in [0, 0.05) is 18.5 Å². The van der Waals surface area contributed by atoms with E-state index in [-0.39, 0.29) is 17.7 Å². The molecule has 0 aromatic heterocycles. The van der Waals surface area contributed by atoms with Gasteiger partial charge in [-0.1, -0.05) is 0 Å². The van der Waals surface area contributed by atoms with Crippen LogP contribution in [0.25, 0.3) is 0 Å². The van der Waals surface area contributed by atoms with E-state index in [1.54, 1.807) is 0 Å². The number of rotatable bonds is 7. The summed E-state index contributed by atoms with van der Waals surface area (Å²) in [5.41, 5.74) is 0.580. The van der Waals surface area contributed by atoms with E-state index >= 15 is 0 Å². The van der Waals surface area contributed by atoms with Crippen molar-refractivity contribution in [1.82, 2.24) is 4.90 Å². The normalized spacial score (nSPS) is 21.8. The fourth-order valence-corrected chi connectivity index (χ4v) is 2.67. The number of benzene rings is 1. The second-order valence-corrected chi connectivity index (χ2v) is 5.79. The number of hydrogen-bond acceptors (Lipinski definition) is 3. The smallest absolute Gasteiger partial charge is 0.162 e. The quantitative estimate of drug-likeness (QED) is 0.780. The number of ketones is 1. The summed E-state index contributed by atoms with van der Waals surface area (Å²) in [6.07, 6.45) is 3.00. The molecule has 2 rings (SSSR count). The van der Waals surface area contributed by atoms with E-state index in [1.807, 2.05) is 7.05 Å². The maximum atomic E-state index is 12.8. The van der Waals surface area contributed by atoms with Crippen LogP contribution in [0.2, 0.25) is 0 Å². The fraction of sp³-hybridized carbons (Fsp3) is 0.562. The zero-order chi connectivity index (χ0) is 14.5. The standard InChI is InChI=1S/C16H22FNO2/c1-18(11-12-9-15(19)10-12)8-2-3-16(20)13-4-6-14(17)7-5-13/h4-7,12,15,19H,2-3,8-11H2,1H3. The number of carbonyl (C=O) groups is 1. The zero-order valence-electron chi connectivity index (χ0n) is 11.9. The Morgan fingerprint density at radius 2 is 2.00 bits per heavy atom.